The molecule has 1 fully saturated rings. The normalized spacial score (nSPS) is 19.6. The molecule has 0 radical (unpaired) electrons. The number of aromatic nitrogens is 2. The van der Waals surface area contributed by atoms with E-state index in [1.54, 1.807) is 11.3 Å². The largest absolute Gasteiger partial charge is 0.421 e. The van der Waals surface area contributed by atoms with Crippen molar-refractivity contribution in [3.8, 4) is 11.5 Å². The summed E-state index contributed by atoms with van der Waals surface area (Å²) < 4.78 is 5.65. The van der Waals surface area contributed by atoms with E-state index in [9.17, 15) is 9.90 Å². The molecule has 0 bridgehead atoms. The Hall–Kier alpha value is -2.55. The molecule has 0 aliphatic carbocycles. The summed E-state index contributed by atoms with van der Waals surface area (Å²) in [5.74, 6) is 0.958. The van der Waals surface area contributed by atoms with E-state index in [0.717, 1.165) is 31.6 Å². The first-order valence-electron chi connectivity index (χ1n) is 10.2. The fourth-order valence-electron chi connectivity index (χ4n) is 3.79. The summed E-state index contributed by atoms with van der Waals surface area (Å²) in [5, 5.41) is 24.8. The smallest absolute Gasteiger partial charge is 0.248 e. The van der Waals surface area contributed by atoms with Gasteiger partial charge in [-0.05, 0) is 30.0 Å². The van der Waals surface area contributed by atoms with E-state index >= 15 is 0 Å². The number of aliphatic hydroxyl groups is 1. The summed E-state index contributed by atoms with van der Waals surface area (Å²) in [5.41, 5.74) is 2.15. The highest BCUT2D eigenvalue weighted by Crippen LogP contribution is 2.22. The van der Waals surface area contributed by atoms with Crippen LogP contribution in [0.3, 0.4) is 0 Å². The minimum Gasteiger partial charge on any atom is -0.421 e. The molecule has 7 nitrogen and oxygen atoms in total. The van der Waals surface area contributed by atoms with Gasteiger partial charge in [0.25, 0.3) is 0 Å². The van der Waals surface area contributed by atoms with Crippen LogP contribution in [0.15, 0.2) is 51.6 Å². The van der Waals surface area contributed by atoms with Crippen LogP contribution >= 0.6 is 11.3 Å². The van der Waals surface area contributed by atoms with E-state index < -0.39 is 0 Å². The lowest BCUT2D eigenvalue weighted by Crippen LogP contribution is -2.53. The van der Waals surface area contributed by atoms with Crippen LogP contribution in [0, 0.1) is 5.92 Å². The molecule has 3 aromatic rings. The van der Waals surface area contributed by atoms with E-state index in [2.05, 4.69) is 32.5 Å². The number of thiophene rings is 1. The standard InChI is InChI=1S/C22H26N4O3S/c27-14-17-8-10-26(12-16-4-2-1-3-5-16)13-19(17)23-20(28)6-7-21-24-25-22(29-21)18-9-11-30-15-18/h1-5,9,11,15,17,19,27H,6-8,10,12-14H2,(H,23,28). The topological polar surface area (TPSA) is 91.5 Å². The summed E-state index contributed by atoms with van der Waals surface area (Å²) >= 11 is 1.57. The molecule has 1 aromatic carbocycles. The summed E-state index contributed by atoms with van der Waals surface area (Å²) in [7, 11) is 0. The number of hydrogen-bond donors (Lipinski definition) is 2. The van der Waals surface area contributed by atoms with Crippen molar-refractivity contribution in [3.63, 3.8) is 0 Å². The number of carbonyl (C=O) groups excluding carboxylic acids is 1. The lowest BCUT2D eigenvalue weighted by molar-refractivity contribution is -0.122. The van der Waals surface area contributed by atoms with Gasteiger partial charge in [-0.1, -0.05) is 30.3 Å². The number of nitrogens with zero attached hydrogens (tertiary/aromatic N) is 3. The van der Waals surface area contributed by atoms with Crippen LogP contribution < -0.4 is 5.32 Å². The zero-order chi connectivity index (χ0) is 20.8. The number of rotatable bonds is 8. The summed E-state index contributed by atoms with van der Waals surface area (Å²) in [4.78, 5) is 14.9. The summed E-state index contributed by atoms with van der Waals surface area (Å²) in [6.45, 7) is 2.57. The zero-order valence-electron chi connectivity index (χ0n) is 16.7. The number of hydrogen-bond acceptors (Lipinski definition) is 7. The first-order valence-corrected chi connectivity index (χ1v) is 11.2. The molecule has 1 aliphatic rings. The molecule has 2 atom stereocenters. The fraction of sp³-hybridized carbons (Fsp3) is 0.409. The molecule has 2 aromatic heterocycles. The third-order valence-electron chi connectivity index (χ3n) is 5.47. The van der Waals surface area contributed by atoms with Crippen LogP contribution in [0.2, 0.25) is 0 Å². The van der Waals surface area contributed by atoms with Crippen molar-refractivity contribution in [1.82, 2.24) is 20.4 Å². The molecule has 30 heavy (non-hydrogen) atoms. The minimum absolute atomic E-state index is 0.0599. The Morgan fingerprint density at radius 2 is 2.13 bits per heavy atom. The minimum atomic E-state index is -0.0657. The van der Waals surface area contributed by atoms with Crippen LogP contribution in [-0.4, -0.2) is 51.8 Å². The van der Waals surface area contributed by atoms with Gasteiger partial charge < -0.3 is 14.8 Å². The summed E-state index contributed by atoms with van der Waals surface area (Å²) in [6.07, 6.45) is 1.54. The number of benzene rings is 1. The zero-order valence-corrected chi connectivity index (χ0v) is 17.6. The molecule has 1 aliphatic heterocycles. The van der Waals surface area contributed by atoms with Gasteiger partial charge >= 0.3 is 0 Å². The van der Waals surface area contributed by atoms with Crippen molar-refractivity contribution in [1.29, 1.82) is 0 Å². The average molecular weight is 427 g/mol. The third-order valence-corrected chi connectivity index (χ3v) is 6.15. The molecule has 2 unspecified atom stereocenters. The summed E-state index contributed by atoms with van der Waals surface area (Å²) in [6, 6.07) is 12.2. The quantitative estimate of drug-likeness (QED) is 0.576. The highest BCUT2D eigenvalue weighted by molar-refractivity contribution is 7.08. The molecule has 8 heteroatoms. The molecule has 1 saturated heterocycles. The predicted molar refractivity (Wildman–Crippen MR) is 115 cm³/mol. The molecule has 0 spiro atoms. The van der Waals surface area contributed by atoms with Gasteiger partial charge in [0.1, 0.15) is 0 Å². The SMILES string of the molecule is O=C(CCc1nnc(-c2ccsc2)o1)NC1CN(Cc2ccccc2)CCC1CO. The number of aliphatic hydroxyl groups excluding tert-OH is 1. The molecule has 158 valence electrons. The van der Waals surface area contributed by atoms with Gasteiger partial charge in [-0.2, -0.15) is 11.3 Å². The molecular weight excluding hydrogens is 400 g/mol. The maximum absolute atomic E-state index is 12.5. The Morgan fingerprint density at radius 3 is 2.90 bits per heavy atom. The molecular formula is C22H26N4O3S. The van der Waals surface area contributed by atoms with Crippen LogP contribution in [0.1, 0.15) is 24.3 Å². The monoisotopic (exact) mass is 426 g/mol. The number of carbonyl (C=O) groups is 1. The van der Waals surface area contributed by atoms with Gasteiger partial charge in [0.05, 0.1) is 0 Å². The fourth-order valence-corrected chi connectivity index (χ4v) is 4.42. The number of aryl methyl sites for hydroxylation is 1. The van der Waals surface area contributed by atoms with E-state index in [-0.39, 0.29) is 30.9 Å². The van der Waals surface area contributed by atoms with Crippen LogP contribution in [0.4, 0.5) is 0 Å². The molecule has 0 saturated carbocycles. The van der Waals surface area contributed by atoms with Crippen molar-refractivity contribution in [2.75, 3.05) is 19.7 Å². The Labute approximate surface area is 179 Å². The van der Waals surface area contributed by atoms with Crippen molar-refractivity contribution >= 4 is 17.2 Å². The Balaban J connectivity index is 1.29. The van der Waals surface area contributed by atoms with Gasteiger partial charge in [-0.25, -0.2) is 0 Å². The first-order chi connectivity index (χ1) is 14.7. The van der Waals surface area contributed by atoms with E-state index in [1.165, 1.54) is 5.56 Å². The molecule has 2 N–H and O–H groups in total. The Morgan fingerprint density at radius 1 is 1.27 bits per heavy atom. The second-order valence-corrected chi connectivity index (χ2v) is 8.42. The number of piperidine rings is 1. The van der Waals surface area contributed by atoms with Crippen LogP contribution in [0.5, 0.6) is 0 Å². The molecule has 4 rings (SSSR count). The lowest BCUT2D eigenvalue weighted by Gasteiger charge is -2.38. The Kier molecular flexibility index (Phi) is 6.88. The average Bonchev–Trinajstić information content (AvgIpc) is 3.45. The van der Waals surface area contributed by atoms with E-state index in [1.807, 2.05) is 35.0 Å². The van der Waals surface area contributed by atoms with Gasteiger partial charge in [0, 0.05) is 55.4 Å². The predicted octanol–water partition coefficient (Wildman–Crippen LogP) is 2.73. The first kappa shape index (κ1) is 20.7. The van der Waals surface area contributed by atoms with E-state index in [4.69, 9.17) is 4.42 Å². The highest BCUT2D eigenvalue weighted by Gasteiger charge is 2.30. The van der Waals surface area contributed by atoms with Crippen LogP contribution in [-0.2, 0) is 17.8 Å². The second kappa shape index (κ2) is 9.97. The van der Waals surface area contributed by atoms with Gasteiger partial charge in [-0.15, -0.1) is 10.2 Å². The van der Waals surface area contributed by atoms with Gasteiger partial charge in [-0.3, -0.25) is 9.69 Å². The van der Waals surface area contributed by atoms with Gasteiger partial charge in [0.2, 0.25) is 17.7 Å². The maximum atomic E-state index is 12.5. The highest BCUT2D eigenvalue weighted by atomic mass is 32.1. The van der Waals surface area contributed by atoms with Crippen LogP contribution in [0.25, 0.3) is 11.5 Å². The van der Waals surface area contributed by atoms with Crippen molar-refractivity contribution in [2.45, 2.75) is 31.8 Å². The van der Waals surface area contributed by atoms with Gasteiger partial charge in [0.15, 0.2) is 0 Å². The van der Waals surface area contributed by atoms with Crippen molar-refractivity contribution < 1.29 is 14.3 Å². The van der Waals surface area contributed by atoms with Crippen molar-refractivity contribution in [3.05, 3.63) is 58.6 Å². The van der Waals surface area contributed by atoms with E-state index in [0.29, 0.717) is 18.2 Å². The third kappa shape index (κ3) is 5.33. The Bertz CT molecular complexity index is 929. The maximum Gasteiger partial charge on any atom is 0.248 e. The number of nitrogens with one attached hydrogen (secondary N) is 1. The molecule has 3 heterocycles. The lowest BCUT2D eigenvalue weighted by atomic mass is 9.91. The molecule has 1 amide bonds. The number of amides is 1. The van der Waals surface area contributed by atoms with Crippen molar-refractivity contribution in [2.24, 2.45) is 5.92 Å². The number of likely N-dealkylation sites (tertiary alicyclic amines) is 1. The second-order valence-electron chi connectivity index (χ2n) is 7.64.